The molecule has 3 aromatic rings. The number of carbonyl (C=O) groups is 3. The van der Waals surface area contributed by atoms with Gasteiger partial charge in [-0.1, -0.05) is 49.2 Å². The molecule has 0 aromatic heterocycles. The summed E-state index contributed by atoms with van der Waals surface area (Å²) < 4.78 is 5.72. The molecule has 3 aromatic carbocycles. The number of fused-ring (bicyclic) bond motifs is 1. The van der Waals surface area contributed by atoms with Crippen LogP contribution in [0.5, 0.6) is 5.75 Å². The summed E-state index contributed by atoms with van der Waals surface area (Å²) >= 11 is 0. The quantitative estimate of drug-likeness (QED) is 0.406. The Morgan fingerprint density at radius 3 is 2.09 bits per heavy atom. The van der Waals surface area contributed by atoms with E-state index in [2.05, 4.69) is 5.32 Å². The first-order valence-electron chi connectivity index (χ1n) is 12.2. The van der Waals surface area contributed by atoms with Crippen molar-refractivity contribution in [3.63, 3.8) is 0 Å². The van der Waals surface area contributed by atoms with E-state index in [1.807, 2.05) is 36.4 Å². The Kier molecular flexibility index (Phi) is 6.62. The zero-order valence-corrected chi connectivity index (χ0v) is 19.4. The zero-order chi connectivity index (χ0) is 24.2. The van der Waals surface area contributed by atoms with Crippen molar-refractivity contribution >= 4 is 23.5 Å². The standard InChI is InChI=1S/C29H28N2O4/c32-27(20-9-3-1-4-10-20)30-23-15-17-24(18-16-23)35-29(34)26-19-22-13-7-8-14-25(22)31(26)28(33)21-11-5-2-6-12-21/h1-6,9-12,15-18,22,25-26H,7-8,13-14,19H2,(H,30,32). The van der Waals surface area contributed by atoms with Crippen molar-refractivity contribution in [1.29, 1.82) is 0 Å². The molecular weight excluding hydrogens is 440 g/mol. The normalized spacial score (nSPS) is 21.1. The lowest BCUT2D eigenvalue weighted by Crippen LogP contribution is -2.47. The van der Waals surface area contributed by atoms with Gasteiger partial charge in [0.15, 0.2) is 0 Å². The summed E-state index contributed by atoms with van der Waals surface area (Å²) in [5.41, 5.74) is 1.76. The van der Waals surface area contributed by atoms with Gasteiger partial charge in [-0.2, -0.15) is 0 Å². The smallest absolute Gasteiger partial charge is 0.334 e. The first-order chi connectivity index (χ1) is 17.1. The van der Waals surface area contributed by atoms with Gasteiger partial charge in [0, 0.05) is 22.9 Å². The lowest BCUT2D eigenvalue weighted by Gasteiger charge is -2.33. The third-order valence-corrected chi connectivity index (χ3v) is 6.98. The number of nitrogens with one attached hydrogen (secondary N) is 1. The van der Waals surface area contributed by atoms with Crippen molar-refractivity contribution in [3.8, 4) is 5.75 Å². The van der Waals surface area contributed by atoms with E-state index in [9.17, 15) is 14.4 Å². The van der Waals surface area contributed by atoms with Crippen LogP contribution in [-0.2, 0) is 4.79 Å². The molecule has 6 heteroatoms. The molecule has 0 spiro atoms. The van der Waals surface area contributed by atoms with Crippen molar-refractivity contribution in [2.75, 3.05) is 5.32 Å². The van der Waals surface area contributed by atoms with Crippen LogP contribution in [0.3, 0.4) is 0 Å². The fraction of sp³-hybridized carbons (Fsp3) is 0.276. The average molecular weight is 469 g/mol. The number of rotatable bonds is 5. The Bertz CT molecular complexity index is 1190. The molecule has 3 unspecified atom stereocenters. The van der Waals surface area contributed by atoms with E-state index in [4.69, 9.17) is 4.74 Å². The number of hydrogen-bond donors (Lipinski definition) is 1. The van der Waals surface area contributed by atoms with Crippen LogP contribution in [-0.4, -0.2) is 34.8 Å². The fourth-order valence-corrected chi connectivity index (χ4v) is 5.28. The van der Waals surface area contributed by atoms with Crippen molar-refractivity contribution < 1.29 is 19.1 Å². The highest BCUT2D eigenvalue weighted by Crippen LogP contribution is 2.41. The predicted octanol–water partition coefficient (Wildman–Crippen LogP) is 5.32. The van der Waals surface area contributed by atoms with Gasteiger partial charge in [-0.3, -0.25) is 9.59 Å². The Morgan fingerprint density at radius 2 is 1.40 bits per heavy atom. The second-order valence-electron chi connectivity index (χ2n) is 9.21. The first kappa shape index (κ1) is 22.8. The molecule has 2 aliphatic rings. The first-order valence-corrected chi connectivity index (χ1v) is 12.2. The van der Waals surface area contributed by atoms with Gasteiger partial charge in [0.1, 0.15) is 11.8 Å². The highest BCUT2D eigenvalue weighted by Gasteiger charge is 2.48. The monoisotopic (exact) mass is 468 g/mol. The summed E-state index contributed by atoms with van der Waals surface area (Å²) in [6.07, 6.45) is 4.78. The molecule has 1 saturated heterocycles. The molecule has 2 amide bonds. The van der Waals surface area contributed by atoms with Crippen LogP contribution >= 0.6 is 0 Å². The lowest BCUT2D eigenvalue weighted by atomic mass is 9.84. The molecule has 0 radical (unpaired) electrons. The van der Waals surface area contributed by atoms with Crippen LogP contribution in [0, 0.1) is 5.92 Å². The van der Waals surface area contributed by atoms with E-state index >= 15 is 0 Å². The van der Waals surface area contributed by atoms with Gasteiger partial charge in [-0.15, -0.1) is 0 Å². The summed E-state index contributed by atoms with van der Waals surface area (Å²) in [4.78, 5) is 40.8. The molecule has 1 aliphatic heterocycles. The second-order valence-corrected chi connectivity index (χ2v) is 9.21. The zero-order valence-electron chi connectivity index (χ0n) is 19.4. The lowest BCUT2D eigenvalue weighted by molar-refractivity contribution is -0.139. The number of carbonyl (C=O) groups excluding carboxylic acids is 3. The number of nitrogens with zero attached hydrogens (tertiary/aromatic N) is 1. The molecule has 1 heterocycles. The fourth-order valence-electron chi connectivity index (χ4n) is 5.28. The van der Waals surface area contributed by atoms with Crippen LogP contribution in [0.2, 0.25) is 0 Å². The molecule has 3 atom stereocenters. The molecule has 1 aliphatic carbocycles. The minimum Gasteiger partial charge on any atom is -0.425 e. The van der Waals surface area contributed by atoms with E-state index in [0.29, 0.717) is 34.9 Å². The van der Waals surface area contributed by atoms with Gasteiger partial charge < -0.3 is 15.0 Å². The highest BCUT2D eigenvalue weighted by molar-refractivity contribution is 6.04. The number of ether oxygens (including phenoxy) is 1. The summed E-state index contributed by atoms with van der Waals surface area (Å²) in [6, 6.07) is 24.3. The van der Waals surface area contributed by atoms with Crippen molar-refractivity contribution in [1.82, 2.24) is 4.90 Å². The van der Waals surface area contributed by atoms with Crippen LogP contribution in [0.4, 0.5) is 5.69 Å². The maximum atomic E-state index is 13.4. The topological polar surface area (TPSA) is 75.7 Å². The van der Waals surface area contributed by atoms with Crippen LogP contribution < -0.4 is 10.1 Å². The molecule has 2 fully saturated rings. The molecule has 1 saturated carbocycles. The Morgan fingerprint density at radius 1 is 0.771 bits per heavy atom. The van der Waals surface area contributed by atoms with Gasteiger partial charge in [-0.25, -0.2) is 4.79 Å². The molecule has 5 rings (SSSR count). The minimum atomic E-state index is -0.603. The maximum absolute atomic E-state index is 13.4. The number of esters is 1. The average Bonchev–Trinajstić information content (AvgIpc) is 3.30. The van der Waals surface area contributed by atoms with Gasteiger partial charge in [0.2, 0.25) is 0 Å². The molecule has 1 N–H and O–H groups in total. The van der Waals surface area contributed by atoms with E-state index in [1.54, 1.807) is 53.4 Å². The maximum Gasteiger partial charge on any atom is 0.334 e. The molecule has 35 heavy (non-hydrogen) atoms. The van der Waals surface area contributed by atoms with Crippen LogP contribution in [0.15, 0.2) is 84.9 Å². The van der Waals surface area contributed by atoms with Crippen molar-refractivity contribution in [3.05, 3.63) is 96.1 Å². The summed E-state index contributed by atoms with van der Waals surface area (Å²) in [6.45, 7) is 0. The number of benzene rings is 3. The Balaban J connectivity index is 1.29. The van der Waals surface area contributed by atoms with E-state index in [0.717, 1.165) is 25.7 Å². The Hall–Kier alpha value is -3.93. The van der Waals surface area contributed by atoms with E-state index < -0.39 is 12.0 Å². The summed E-state index contributed by atoms with van der Waals surface area (Å²) in [5.74, 6) is -0.0242. The summed E-state index contributed by atoms with van der Waals surface area (Å²) in [7, 11) is 0. The Labute approximate surface area is 204 Å². The summed E-state index contributed by atoms with van der Waals surface area (Å²) in [5, 5.41) is 2.84. The number of hydrogen-bond acceptors (Lipinski definition) is 4. The largest absolute Gasteiger partial charge is 0.425 e. The van der Waals surface area contributed by atoms with Gasteiger partial charge in [0.25, 0.3) is 11.8 Å². The van der Waals surface area contributed by atoms with E-state index in [-0.39, 0.29) is 17.9 Å². The number of amides is 2. The number of likely N-dealkylation sites (tertiary alicyclic amines) is 1. The minimum absolute atomic E-state index is 0.0737. The van der Waals surface area contributed by atoms with Gasteiger partial charge in [-0.05, 0) is 73.7 Å². The van der Waals surface area contributed by atoms with E-state index in [1.165, 1.54) is 0 Å². The molecule has 0 bridgehead atoms. The number of anilines is 1. The van der Waals surface area contributed by atoms with Crippen LogP contribution in [0.1, 0.15) is 52.8 Å². The van der Waals surface area contributed by atoms with Gasteiger partial charge >= 0.3 is 5.97 Å². The third kappa shape index (κ3) is 4.97. The van der Waals surface area contributed by atoms with Crippen molar-refractivity contribution in [2.45, 2.75) is 44.2 Å². The van der Waals surface area contributed by atoms with Gasteiger partial charge in [0.05, 0.1) is 0 Å². The van der Waals surface area contributed by atoms with Crippen LogP contribution in [0.25, 0.3) is 0 Å². The second kappa shape index (κ2) is 10.1. The van der Waals surface area contributed by atoms with Crippen molar-refractivity contribution in [2.24, 2.45) is 5.92 Å². The molecule has 178 valence electrons. The molecular formula is C29H28N2O4. The third-order valence-electron chi connectivity index (χ3n) is 6.98. The highest BCUT2D eigenvalue weighted by atomic mass is 16.5. The SMILES string of the molecule is O=C(Nc1ccc(OC(=O)C2CC3CCCCC3N2C(=O)c2ccccc2)cc1)c1ccccc1. The predicted molar refractivity (Wildman–Crippen MR) is 133 cm³/mol. The molecule has 6 nitrogen and oxygen atoms in total.